The molecule has 96 valence electrons. The van der Waals surface area contributed by atoms with Gasteiger partial charge in [-0.15, -0.1) is 0 Å². The summed E-state index contributed by atoms with van der Waals surface area (Å²) < 4.78 is 0. The number of amides is 1. The van der Waals surface area contributed by atoms with Gasteiger partial charge in [0, 0.05) is 11.8 Å². The number of rotatable bonds is 6. The van der Waals surface area contributed by atoms with E-state index in [1.165, 1.54) is 0 Å². The Morgan fingerprint density at radius 3 is 2.67 bits per heavy atom. The molecule has 0 saturated carbocycles. The highest BCUT2D eigenvalue weighted by molar-refractivity contribution is 7.99. The molecular formula is C14H18N2OS. The number of nitriles is 1. The molecule has 1 aromatic rings. The van der Waals surface area contributed by atoms with Gasteiger partial charge in [0.1, 0.15) is 0 Å². The largest absolute Gasteiger partial charge is 0.356 e. The smallest absolute Gasteiger partial charge is 0.224 e. The van der Waals surface area contributed by atoms with Gasteiger partial charge in [-0.25, -0.2) is 0 Å². The van der Waals surface area contributed by atoms with Gasteiger partial charge in [0.15, 0.2) is 0 Å². The van der Waals surface area contributed by atoms with E-state index in [2.05, 4.69) is 24.6 Å². The number of carbonyl (C=O) groups excluding carboxylic acids is 1. The van der Waals surface area contributed by atoms with Crippen LogP contribution in [0.3, 0.4) is 0 Å². The Kier molecular flexibility index (Phi) is 6.31. The lowest BCUT2D eigenvalue weighted by molar-refractivity contribution is -0.120. The van der Waals surface area contributed by atoms with Gasteiger partial charge < -0.3 is 5.32 Å². The topological polar surface area (TPSA) is 52.9 Å². The van der Waals surface area contributed by atoms with E-state index in [0.717, 1.165) is 18.5 Å². The van der Waals surface area contributed by atoms with E-state index in [0.29, 0.717) is 17.2 Å². The molecule has 0 bridgehead atoms. The summed E-state index contributed by atoms with van der Waals surface area (Å²) in [5.41, 5.74) is 1.55. The average molecular weight is 262 g/mol. The molecule has 3 nitrogen and oxygen atoms in total. The average Bonchev–Trinajstić information content (AvgIpc) is 2.39. The number of thioether (sulfide) groups is 1. The van der Waals surface area contributed by atoms with Crippen molar-refractivity contribution in [3.63, 3.8) is 0 Å². The summed E-state index contributed by atoms with van der Waals surface area (Å²) in [6, 6.07) is 9.17. The fourth-order valence-electron chi connectivity index (χ4n) is 1.48. The molecule has 4 heteroatoms. The van der Waals surface area contributed by atoms with E-state index in [-0.39, 0.29) is 5.91 Å². The highest BCUT2D eigenvalue weighted by Crippen LogP contribution is 2.08. The first-order chi connectivity index (χ1) is 8.65. The molecule has 0 heterocycles. The van der Waals surface area contributed by atoms with Gasteiger partial charge in [-0.1, -0.05) is 19.1 Å². The number of benzene rings is 1. The molecule has 1 amide bonds. The van der Waals surface area contributed by atoms with Gasteiger partial charge in [0.05, 0.1) is 18.1 Å². The molecule has 0 aliphatic heterocycles. The summed E-state index contributed by atoms with van der Waals surface area (Å²) in [4.78, 5) is 11.7. The fourth-order valence-corrected chi connectivity index (χ4v) is 1.83. The quantitative estimate of drug-likeness (QED) is 0.856. The van der Waals surface area contributed by atoms with Gasteiger partial charge in [0.25, 0.3) is 0 Å². The van der Waals surface area contributed by atoms with Crippen LogP contribution in [0.15, 0.2) is 24.3 Å². The monoisotopic (exact) mass is 262 g/mol. The van der Waals surface area contributed by atoms with Crippen molar-refractivity contribution in [2.45, 2.75) is 25.0 Å². The van der Waals surface area contributed by atoms with E-state index in [9.17, 15) is 4.79 Å². The van der Waals surface area contributed by atoms with E-state index >= 15 is 0 Å². The van der Waals surface area contributed by atoms with Gasteiger partial charge in [-0.3, -0.25) is 4.79 Å². The van der Waals surface area contributed by atoms with Gasteiger partial charge in [-0.2, -0.15) is 17.0 Å². The minimum absolute atomic E-state index is 0.0352. The molecule has 1 aromatic carbocycles. The van der Waals surface area contributed by atoms with E-state index in [4.69, 9.17) is 5.26 Å². The molecule has 0 radical (unpaired) electrons. The maximum atomic E-state index is 11.7. The molecule has 0 aromatic heterocycles. The normalized spacial score (nSPS) is 11.6. The second kappa shape index (κ2) is 7.78. The molecule has 18 heavy (non-hydrogen) atoms. The molecule has 1 unspecified atom stereocenters. The fraction of sp³-hybridized carbons (Fsp3) is 0.429. The lowest BCUT2D eigenvalue weighted by Gasteiger charge is -2.09. The Hall–Kier alpha value is -1.47. The minimum atomic E-state index is 0.0352. The minimum Gasteiger partial charge on any atom is -0.356 e. The van der Waals surface area contributed by atoms with E-state index < -0.39 is 0 Å². The van der Waals surface area contributed by atoms with E-state index in [1.807, 2.05) is 12.1 Å². The first-order valence-electron chi connectivity index (χ1n) is 5.94. The molecule has 0 fully saturated rings. The van der Waals surface area contributed by atoms with Crippen LogP contribution in [-0.4, -0.2) is 24.0 Å². The molecule has 0 aliphatic carbocycles. The Bertz CT molecular complexity index is 422. The summed E-state index contributed by atoms with van der Waals surface area (Å²) >= 11 is 1.80. The third-order valence-corrected chi connectivity index (χ3v) is 3.76. The van der Waals surface area contributed by atoms with Crippen LogP contribution in [0.5, 0.6) is 0 Å². The maximum Gasteiger partial charge on any atom is 0.224 e. The second-order valence-electron chi connectivity index (χ2n) is 4.17. The van der Waals surface area contributed by atoms with Gasteiger partial charge >= 0.3 is 0 Å². The van der Waals surface area contributed by atoms with Gasteiger partial charge in [-0.05, 0) is 30.4 Å². The summed E-state index contributed by atoms with van der Waals surface area (Å²) in [6.45, 7) is 2.87. The van der Waals surface area contributed by atoms with Crippen LogP contribution in [0.25, 0.3) is 0 Å². The van der Waals surface area contributed by atoms with Crippen molar-refractivity contribution >= 4 is 17.7 Å². The second-order valence-corrected chi connectivity index (χ2v) is 5.45. The van der Waals surface area contributed by atoms with E-state index in [1.54, 1.807) is 23.9 Å². The van der Waals surface area contributed by atoms with Crippen molar-refractivity contribution in [3.8, 4) is 6.07 Å². The Morgan fingerprint density at radius 2 is 2.11 bits per heavy atom. The number of carbonyl (C=O) groups is 1. The predicted octanol–water partition coefficient (Wildman–Crippen LogP) is 2.36. The van der Waals surface area contributed by atoms with Gasteiger partial charge in [0.2, 0.25) is 5.91 Å². The number of nitrogens with zero attached hydrogens (tertiary/aromatic N) is 1. The third kappa shape index (κ3) is 5.24. The molecule has 1 N–H and O–H groups in total. The Morgan fingerprint density at radius 1 is 1.44 bits per heavy atom. The van der Waals surface area contributed by atoms with Crippen LogP contribution in [0.1, 0.15) is 24.5 Å². The zero-order chi connectivity index (χ0) is 13.4. The zero-order valence-electron chi connectivity index (χ0n) is 10.8. The molecular weight excluding hydrogens is 244 g/mol. The van der Waals surface area contributed by atoms with Crippen LogP contribution < -0.4 is 5.32 Å². The van der Waals surface area contributed by atoms with Crippen LogP contribution >= 0.6 is 11.8 Å². The van der Waals surface area contributed by atoms with Crippen molar-refractivity contribution in [2.24, 2.45) is 0 Å². The number of nitrogens with one attached hydrogen (secondary N) is 1. The Labute approximate surface area is 113 Å². The lowest BCUT2D eigenvalue weighted by atomic mass is 10.1. The van der Waals surface area contributed by atoms with Crippen molar-refractivity contribution < 1.29 is 4.79 Å². The Balaban J connectivity index is 2.33. The zero-order valence-corrected chi connectivity index (χ0v) is 11.6. The number of hydrogen-bond donors (Lipinski definition) is 1. The SMILES string of the molecule is CSC(C)CCNC(=O)Cc1ccc(C#N)cc1. The summed E-state index contributed by atoms with van der Waals surface area (Å²) in [6.07, 6.45) is 3.43. The third-order valence-electron chi connectivity index (χ3n) is 2.72. The molecule has 1 atom stereocenters. The highest BCUT2D eigenvalue weighted by atomic mass is 32.2. The number of hydrogen-bond acceptors (Lipinski definition) is 3. The van der Waals surface area contributed by atoms with Crippen LogP contribution in [0, 0.1) is 11.3 Å². The highest BCUT2D eigenvalue weighted by Gasteiger charge is 2.04. The summed E-state index contributed by atoms with van der Waals surface area (Å²) in [5.74, 6) is 0.0352. The summed E-state index contributed by atoms with van der Waals surface area (Å²) in [7, 11) is 0. The molecule has 0 saturated heterocycles. The predicted molar refractivity (Wildman–Crippen MR) is 75.5 cm³/mol. The lowest BCUT2D eigenvalue weighted by Crippen LogP contribution is -2.27. The molecule has 0 aliphatic rings. The van der Waals surface area contributed by atoms with Crippen LogP contribution in [-0.2, 0) is 11.2 Å². The molecule has 1 rings (SSSR count). The molecule has 0 spiro atoms. The first kappa shape index (κ1) is 14.6. The first-order valence-corrected chi connectivity index (χ1v) is 7.23. The van der Waals surface area contributed by atoms with Crippen molar-refractivity contribution in [1.29, 1.82) is 5.26 Å². The standard InChI is InChI=1S/C14H18N2OS/c1-11(18-2)7-8-16-14(17)9-12-3-5-13(10-15)6-4-12/h3-6,11H,7-9H2,1-2H3,(H,16,17). The summed E-state index contributed by atoms with van der Waals surface area (Å²) in [5, 5.41) is 12.1. The van der Waals surface area contributed by atoms with Crippen LogP contribution in [0.2, 0.25) is 0 Å². The van der Waals surface area contributed by atoms with Crippen molar-refractivity contribution in [2.75, 3.05) is 12.8 Å². The van der Waals surface area contributed by atoms with Crippen LogP contribution in [0.4, 0.5) is 0 Å². The maximum absolute atomic E-state index is 11.7. The van der Waals surface area contributed by atoms with Crippen molar-refractivity contribution in [1.82, 2.24) is 5.32 Å². The van der Waals surface area contributed by atoms with Crippen molar-refractivity contribution in [3.05, 3.63) is 35.4 Å².